The fourth-order valence-corrected chi connectivity index (χ4v) is 2.16. The second-order valence-corrected chi connectivity index (χ2v) is 5.35. The van der Waals surface area contributed by atoms with Crippen molar-refractivity contribution in [3.05, 3.63) is 11.7 Å². The number of hydrogen-bond donors (Lipinski definition) is 1. The lowest BCUT2D eigenvalue weighted by atomic mass is 9.82. The molecule has 0 unspecified atom stereocenters. The smallest absolute Gasteiger partial charge is 0.246 e. The lowest BCUT2D eigenvalue weighted by Crippen LogP contribution is -2.39. The quantitative estimate of drug-likeness (QED) is 0.874. The van der Waals surface area contributed by atoms with Crippen molar-refractivity contribution in [3.63, 3.8) is 0 Å². The molecule has 1 saturated carbocycles. The van der Waals surface area contributed by atoms with Crippen LogP contribution in [-0.4, -0.2) is 17.3 Å². The molecule has 1 heterocycles. The summed E-state index contributed by atoms with van der Waals surface area (Å²) < 4.78 is 10.7. The van der Waals surface area contributed by atoms with Crippen LogP contribution in [0, 0.1) is 0 Å². The summed E-state index contributed by atoms with van der Waals surface area (Å²) in [5, 5.41) is 3.99. The third-order valence-corrected chi connectivity index (χ3v) is 3.65. The topological polar surface area (TPSA) is 74.2 Å². The van der Waals surface area contributed by atoms with Gasteiger partial charge in [-0.25, -0.2) is 0 Å². The molecule has 0 aromatic carbocycles. The molecule has 1 fully saturated rings. The van der Waals surface area contributed by atoms with Crippen molar-refractivity contribution in [2.24, 2.45) is 5.73 Å². The van der Waals surface area contributed by atoms with Crippen molar-refractivity contribution in [1.82, 2.24) is 10.1 Å². The molecule has 0 saturated heterocycles. The summed E-state index contributed by atoms with van der Waals surface area (Å²) in [5.74, 6) is 1.11. The summed E-state index contributed by atoms with van der Waals surface area (Å²) in [7, 11) is 1.63. The summed E-state index contributed by atoms with van der Waals surface area (Å²) in [6.45, 7) is 3.82. The Morgan fingerprint density at radius 1 is 1.29 bits per heavy atom. The molecular weight excluding hydrogens is 218 g/mol. The third-order valence-electron chi connectivity index (χ3n) is 3.65. The highest BCUT2D eigenvalue weighted by atomic mass is 16.5. The number of hydrogen-bond acceptors (Lipinski definition) is 5. The normalized spacial score (nSPS) is 20.5. The maximum Gasteiger partial charge on any atom is 0.246 e. The van der Waals surface area contributed by atoms with Crippen LogP contribution in [0.2, 0.25) is 0 Å². The molecule has 0 bridgehead atoms. The van der Waals surface area contributed by atoms with Crippen molar-refractivity contribution in [2.75, 3.05) is 7.11 Å². The van der Waals surface area contributed by atoms with E-state index < -0.39 is 11.1 Å². The van der Waals surface area contributed by atoms with Gasteiger partial charge in [-0.3, -0.25) is 0 Å². The maximum absolute atomic E-state index is 6.34. The Hall–Kier alpha value is -0.940. The largest absolute Gasteiger partial charge is 0.371 e. The Kier molecular flexibility index (Phi) is 3.23. The lowest BCUT2D eigenvalue weighted by Gasteiger charge is -2.29. The van der Waals surface area contributed by atoms with Gasteiger partial charge in [0.15, 0.2) is 0 Å². The molecule has 2 rings (SSSR count). The van der Waals surface area contributed by atoms with Crippen molar-refractivity contribution < 1.29 is 9.26 Å². The van der Waals surface area contributed by atoms with E-state index in [9.17, 15) is 0 Å². The lowest BCUT2D eigenvalue weighted by molar-refractivity contribution is 0.00973. The van der Waals surface area contributed by atoms with E-state index in [0.29, 0.717) is 11.7 Å². The number of methoxy groups -OCH3 is 1. The van der Waals surface area contributed by atoms with Gasteiger partial charge >= 0.3 is 0 Å². The molecular formula is C12H21N3O2. The first kappa shape index (κ1) is 12.5. The molecule has 0 amide bonds. The Labute approximate surface area is 102 Å². The van der Waals surface area contributed by atoms with Crippen molar-refractivity contribution in [1.29, 1.82) is 0 Å². The van der Waals surface area contributed by atoms with Crippen LogP contribution in [0.25, 0.3) is 0 Å². The Morgan fingerprint density at radius 2 is 1.94 bits per heavy atom. The van der Waals surface area contributed by atoms with E-state index in [1.54, 1.807) is 7.11 Å². The monoisotopic (exact) mass is 239 g/mol. The molecule has 2 N–H and O–H groups in total. The average molecular weight is 239 g/mol. The molecule has 0 atom stereocenters. The van der Waals surface area contributed by atoms with Gasteiger partial charge < -0.3 is 15.0 Å². The minimum atomic E-state index is -0.535. The van der Waals surface area contributed by atoms with E-state index in [0.717, 1.165) is 25.7 Å². The first-order chi connectivity index (χ1) is 7.98. The molecule has 1 aromatic heterocycles. The van der Waals surface area contributed by atoms with E-state index in [4.69, 9.17) is 15.0 Å². The first-order valence-corrected chi connectivity index (χ1v) is 6.17. The summed E-state index contributed by atoms with van der Waals surface area (Å²) in [4.78, 5) is 4.42. The van der Waals surface area contributed by atoms with E-state index in [1.165, 1.54) is 6.42 Å². The van der Waals surface area contributed by atoms with Crippen LogP contribution in [0.5, 0.6) is 0 Å². The number of nitrogens with zero attached hydrogens (tertiary/aromatic N) is 2. The summed E-state index contributed by atoms with van der Waals surface area (Å²) in [6, 6.07) is 0. The minimum Gasteiger partial charge on any atom is -0.371 e. The molecule has 1 aromatic rings. The van der Waals surface area contributed by atoms with Crippen LogP contribution in [-0.2, 0) is 15.9 Å². The second-order valence-electron chi connectivity index (χ2n) is 5.35. The molecule has 17 heavy (non-hydrogen) atoms. The van der Waals surface area contributed by atoms with Crippen LogP contribution in [0.3, 0.4) is 0 Å². The highest BCUT2D eigenvalue weighted by Gasteiger charge is 2.37. The number of rotatable bonds is 3. The van der Waals surface area contributed by atoms with E-state index >= 15 is 0 Å². The van der Waals surface area contributed by atoms with Gasteiger partial charge in [0.2, 0.25) is 11.7 Å². The second kappa shape index (κ2) is 4.38. The predicted octanol–water partition coefficient (Wildman–Crippen LogP) is 2.07. The summed E-state index contributed by atoms with van der Waals surface area (Å²) in [5.41, 5.74) is 5.37. The van der Waals surface area contributed by atoms with Gasteiger partial charge in [-0.1, -0.05) is 24.4 Å². The SMILES string of the molecule is COC(C)(C)c1noc(C2(N)CCCCC2)n1. The van der Waals surface area contributed by atoms with Gasteiger partial charge in [0, 0.05) is 7.11 Å². The third kappa shape index (κ3) is 2.35. The zero-order chi connectivity index (χ0) is 12.5. The van der Waals surface area contributed by atoms with E-state index in [2.05, 4.69) is 10.1 Å². The molecule has 5 nitrogen and oxygen atoms in total. The molecule has 96 valence electrons. The first-order valence-electron chi connectivity index (χ1n) is 6.17. The molecule has 0 spiro atoms. The van der Waals surface area contributed by atoms with Gasteiger partial charge in [0.25, 0.3) is 0 Å². The van der Waals surface area contributed by atoms with Crippen molar-refractivity contribution in [3.8, 4) is 0 Å². The highest BCUT2D eigenvalue weighted by Crippen LogP contribution is 2.34. The molecule has 0 aliphatic heterocycles. The summed E-state index contributed by atoms with van der Waals surface area (Å²) >= 11 is 0. The summed E-state index contributed by atoms with van der Waals surface area (Å²) in [6.07, 6.45) is 5.33. The molecule has 1 aliphatic carbocycles. The van der Waals surface area contributed by atoms with Gasteiger partial charge in [-0.05, 0) is 26.7 Å². The average Bonchev–Trinajstić information content (AvgIpc) is 2.80. The number of ether oxygens (including phenoxy) is 1. The fraction of sp³-hybridized carbons (Fsp3) is 0.833. The van der Waals surface area contributed by atoms with Crippen molar-refractivity contribution in [2.45, 2.75) is 57.1 Å². The fourth-order valence-electron chi connectivity index (χ4n) is 2.16. The zero-order valence-electron chi connectivity index (χ0n) is 10.8. The Balaban J connectivity index is 2.23. The van der Waals surface area contributed by atoms with Gasteiger partial charge in [0.1, 0.15) is 5.60 Å². The Bertz CT molecular complexity index is 381. The molecule has 5 heteroatoms. The van der Waals surface area contributed by atoms with Crippen LogP contribution >= 0.6 is 0 Å². The van der Waals surface area contributed by atoms with Gasteiger partial charge in [-0.15, -0.1) is 0 Å². The van der Waals surface area contributed by atoms with Crippen molar-refractivity contribution >= 4 is 0 Å². The minimum absolute atomic E-state index is 0.437. The Morgan fingerprint density at radius 3 is 2.53 bits per heavy atom. The molecule has 0 radical (unpaired) electrons. The molecule has 1 aliphatic rings. The zero-order valence-corrected chi connectivity index (χ0v) is 10.8. The van der Waals surface area contributed by atoms with Crippen LogP contribution in [0.1, 0.15) is 57.7 Å². The van der Waals surface area contributed by atoms with Crippen LogP contribution in [0.15, 0.2) is 4.52 Å². The van der Waals surface area contributed by atoms with Gasteiger partial charge in [-0.2, -0.15) is 4.98 Å². The maximum atomic E-state index is 6.34. The van der Waals surface area contributed by atoms with Crippen LogP contribution < -0.4 is 5.73 Å². The van der Waals surface area contributed by atoms with E-state index in [-0.39, 0.29) is 0 Å². The van der Waals surface area contributed by atoms with Crippen LogP contribution in [0.4, 0.5) is 0 Å². The highest BCUT2D eigenvalue weighted by molar-refractivity contribution is 5.06. The predicted molar refractivity (Wildman–Crippen MR) is 63.3 cm³/mol. The van der Waals surface area contributed by atoms with Gasteiger partial charge in [0.05, 0.1) is 5.54 Å². The number of nitrogens with two attached hydrogens (primary N) is 1. The standard InChI is InChI=1S/C12H21N3O2/c1-11(2,16-3)9-14-10(17-15-9)12(13)7-5-4-6-8-12/h4-8,13H2,1-3H3. The van der Waals surface area contributed by atoms with E-state index in [1.807, 2.05) is 13.8 Å². The number of aromatic nitrogens is 2.